The molecule has 2 aliphatic rings. The minimum atomic E-state index is -0.00396. The lowest BCUT2D eigenvalue weighted by Crippen LogP contribution is -2.38. The first-order chi connectivity index (χ1) is 14.5. The fourth-order valence-corrected chi connectivity index (χ4v) is 5.27. The predicted molar refractivity (Wildman–Crippen MR) is 124 cm³/mol. The summed E-state index contributed by atoms with van der Waals surface area (Å²) in [5, 5.41) is 9.78. The van der Waals surface area contributed by atoms with Crippen molar-refractivity contribution in [1.82, 2.24) is 0 Å². The van der Waals surface area contributed by atoms with E-state index in [0.29, 0.717) is 24.9 Å². The lowest BCUT2D eigenvalue weighted by Gasteiger charge is -2.42. The Labute approximate surface area is 181 Å². The molecule has 1 N–H and O–H groups in total. The van der Waals surface area contributed by atoms with Crippen molar-refractivity contribution in [2.24, 2.45) is 11.8 Å². The van der Waals surface area contributed by atoms with E-state index in [1.165, 1.54) is 29.7 Å². The summed E-state index contributed by atoms with van der Waals surface area (Å²) in [5.74, 6) is 1.99. The Balaban J connectivity index is 1.60. The largest absolute Gasteiger partial charge is 0.513 e. The van der Waals surface area contributed by atoms with Gasteiger partial charge in [0.25, 0.3) is 0 Å². The molecule has 2 aromatic rings. The van der Waals surface area contributed by atoms with E-state index < -0.39 is 0 Å². The second kappa shape index (κ2) is 9.26. The van der Waals surface area contributed by atoms with Crippen molar-refractivity contribution in [1.29, 1.82) is 0 Å². The Morgan fingerprint density at radius 2 is 1.67 bits per heavy atom. The highest BCUT2D eigenvalue weighted by Crippen LogP contribution is 2.45. The molecule has 2 aromatic carbocycles. The van der Waals surface area contributed by atoms with E-state index in [-0.39, 0.29) is 17.8 Å². The number of rotatable bonds is 5. The minimum absolute atomic E-state index is 0.00396. The van der Waals surface area contributed by atoms with Crippen LogP contribution in [-0.4, -0.2) is 30.9 Å². The summed E-state index contributed by atoms with van der Waals surface area (Å²) < 4.78 is 6.22. The second-order valence-corrected chi connectivity index (χ2v) is 9.31. The normalized spacial score (nSPS) is 27.7. The molecule has 0 saturated carbocycles. The number of ether oxygens (including phenoxy) is 1. The number of benzene rings is 2. The van der Waals surface area contributed by atoms with Crippen molar-refractivity contribution in [3.8, 4) is 0 Å². The van der Waals surface area contributed by atoms with Gasteiger partial charge in [-0.1, -0.05) is 62.9 Å². The smallest absolute Gasteiger partial charge is 0.0877 e. The first-order valence-corrected chi connectivity index (χ1v) is 11.4. The van der Waals surface area contributed by atoms with E-state index in [2.05, 4.69) is 79.9 Å². The second-order valence-electron chi connectivity index (χ2n) is 9.31. The zero-order valence-corrected chi connectivity index (χ0v) is 18.3. The molecule has 0 aromatic heterocycles. The van der Waals surface area contributed by atoms with Gasteiger partial charge in [0.05, 0.1) is 18.5 Å². The van der Waals surface area contributed by atoms with Crippen molar-refractivity contribution in [3.05, 3.63) is 78.1 Å². The summed E-state index contributed by atoms with van der Waals surface area (Å²) in [7, 11) is 0. The average molecular weight is 406 g/mol. The van der Waals surface area contributed by atoms with Crippen molar-refractivity contribution in [3.63, 3.8) is 0 Å². The van der Waals surface area contributed by atoms with Gasteiger partial charge in [-0.05, 0) is 53.9 Å². The van der Waals surface area contributed by atoms with Gasteiger partial charge in [-0.15, -0.1) is 0 Å². The van der Waals surface area contributed by atoms with Crippen molar-refractivity contribution in [2.45, 2.75) is 51.0 Å². The Bertz CT molecular complexity index is 824. The summed E-state index contributed by atoms with van der Waals surface area (Å²) in [6.45, 7) is 11.3. The van der Waals surface area contributed by atoms with E-state index in [1.807, 2.05) is 0 Å². The van der Waals surface area contributed by atoms with Crippen LogP contribution in [0.2, 0.25) is 0 Å². The van der Waals surface area contributed by atoms with Gasteiger partial charge in [-0.3, -0.25) is 0 Å². The van der Waals surface area contributed by atoms with Gasteiger partial charge in [0.1, 0.15) is 0 Å². The van der Waals surface area contributed by atoms with E-state index in [4.69, 9.17) is 4.74 Å². The summed E-state index contributed by atoms with van der Waals surface area (Å²) in [6, 6.07) is 20.0. The van der Waals surface area contributed by atoms with Gasteiger partial charge in [0, 0.05) is 31.1 Å². The Kier molecular flexibility index (Phi) is 6.48. The summed E-state index contributed by atoms with van der Waals surface area (Å²) in [5.41, 5.74) is 4.02. The van der Waals surface area contributed by atoms with Gasteiger partial charge in [0.15, 0.2) is 0 Å². The maximum Gasteiger partial charge on any atom is 0.0877 e. The maximum absolute atomic E-state index is 9.78. The number of piperidine rings is 1. The number of hydrogen-bond acceptors (Lipinski definition) is 3. The van der Waals surface area contributed by atoms with E-state index >= 15 is 0 Å². The number of aliphatic hydroxyl groups excluding tert-OH is 1. The summed E-state index contributed by atoms with van der Waals surface area (Å²) in [4.78, 5) is 2.52. The fourth-order valence-electron chi connectivity index (χ4n) is 5.27. The van der Waals surface area contributed by atoms with Crippen LogP contribution in [0, 0.1) is 11.8 Å². The standard InChI is InChI=1S/C27H35NO2/c1-19-13-15-28(16-14-19)24-11-9-23(10-12-24)27-21(3)26(17-20(2)29)30-18-25(27)22-7-5-4-6-8-22/h4-12,19,21,25-27,29H,2,13-18H2,1,3H3/t21-,25?,26?,27?/m0/s1. The quantitative estimate of drug-likeness (QED) is 0.594. The minimum Gasteiger partial charge on any atom is -0.513 e. The highest BCUT2D eigenvalue weighted by molar-refractivity contribution is 5.49. The van der Waals surface area contributed by atoms with Crippen LogP contribution < -0.4 is 4.90 Å². The highest BCUT2D eigenvalue weighted by Gasteiger charge is 2.39. The monoisotopic (exact) mass is 405 g/mol. The first-order valence-electron chi connectivity index (χ1n) is 11.4. The molecular weight excluding hydrogens is 370 g/mol. The topological polar surface area (TPSA) is 32.7 Å². The fraction of sp³-hybridized carbons (Fsp3) is 0.481. The number of anilines is 1. The first kappa shape index (κ1) is 21.0. The molecule has 3 unspecified atom stereocenters. The van der Waals surface area contributed by atoms with E-state index in [9.17, 15) is 5.11 Å². The van der Waals surface area contributed by atoms with Gasteiger partial charge >= 0.3 is 0 Å². The third-order valence-electron chi connectivity index (χ3n) is 7.17. The van der Waals surface area contributed by atoms with Crippen molar-refractivity contribution in [2.75, 3.05) is 24.6 Å². The molecule has 2 heterocycles. The molecule has 160 valence electrons. The van der Waals surface area contributed by atoms with Crippen LogP contribution >= 0.6 is 0 Å². The molecule has 4 rings (SSSR count). The molecule has 2 fully saturated rings. The molecule has 0 radical (unpaired) electrons. The molecule has 0 bridgehead atoms. The molecule has 3 heteroatoms. The van der Waals surface area contributed by atoms with Crippen LogP contribution in [-0.2, 0) is 4.74 Å². The third-order valence-corrected chi connectivity index (χ3v) is 7.17. The van der Waals surface area contributed by atoms with Crippen molar-refractivity contribution >= 4 is 5.69 Å². The summed E-state index contributed by atoms with van der Waals surface area (Å²) >= 11 is 0. The van der Waals surface area contributed by atoms with E-state index in [0.717, 1.165) is 19.0 Å². The molecule has 3 nitrogen and oxygen atoms in total. The SMILES string of the molecule is C=C(O)CC1OCC(c2ccccc2)C(c2ccc(N3CCC(C)CC3)cc2)[C@H]1C. The van der Waals surface area contributed by atoms with Crippen LogP contribution in [0.4, 0.5) is 5.69 Å². The highest BCUT2D eigenvalue weighted by atomic mass is 16.5. The zero-order chi connectivity index (χ0) is 21.1. The van der Waals surface area contributed by atoms with Crippen LogP contribution in [0.15, 0.2) is 66.9 Å². The lowest BCUT2D eigenvalue weighted by molar-refractivity contribution is -0.0478. The Hall–Kier alpha value is -2.26. The number of hydrogen-bond donors (Lipinski definition) is 1. The predicted octanol–water partition coefficient (Wildman–Crippen LogP) is 6.29. The average Bonchev–Trinajstić information content (AvgIpc) is 2.76. The molecule has 0 amide bonds. The lowest BCUT2D eigenvalue weighted by atomic mass is 9.70. The van der Waals surface area contributed by atoms with Gasteiger partial charge < -0.3 is 14.7 Å². The Morgan fingerprint density at radius 3 is 2.30 bits per heavy atom. The molecule has 2 aliphatic heterocycles. The van der Waals surface area contributed by atoms with Crippen LogP contribution in [0.5, 0.6) is 0 Å². The van der Waals surface area contributed by atoms with E-state index in [1.54, 1.807) is 0 Å². The number of aliphatic hydroxyl groups is 1. The molecule has 2 saturated heterocycles. The molecular formula is C27H35NO2. The zero-order valence-electron chi connectivity index (χ0n) is 18.3. The molecule has 0 spiro atoms. The Morgan fingerprint density at radius 1 is 1.00 bits per heavy atom. The number of nitrogens with zero attached hydrogens (tertiary/aromatic N) is 1. The molecule has 4 atom stereocenters. The summed E-state index contributed by atoms with van der Waals surface area (Å²) in [6.07, 6.45) is 3.06. The third kappa shape index (κ3) is 4.57. The molecule has 30 heavy (non-hydrogen) atoms. The van der Waals surface area contributed by atoms with Crippen molar-refractivity contribution < 1.29 is 9.84 Å². The van der Waals surface area contributed by atoms with Crippen LogP contribution in [0.25, 0.3) is 0 Å². The molecule has 0 aliphatic carbocycles. The maximum atomic E-state index is 9.78. The van der Waals surface area contributed by atoms with Gasteiger partial charge in [0.2, 0.25) is 0 Å². The van der Waals surface area contributed by atoms with Crippen LogP contribution in [0.1, 0.15) is 56.1 Å². The van der Waals surface area contributed by atoms with Gasteiger partial charge in [-0.2, -0.15) is 0 Å². The van der Waals surface area contributed by atoms with Gasteiger partial charge in [-0.25, -0.2) is 0 Å². The van der Waals surface area contributed by atoms with Crippen LogP contribution in [0.3, 0.4) is 0 Å².